The van der Waals surface area contributed by atoms with Crippen molar-refractivity contribution in [1.29, 1.82) is 0 Å². The summed E-state index contributed by atoms with van der Waals surface area (Å²) in [6, 6.07) is 12.5. The van der Waals surface area contributed by atoms with Crippen molar-refractivity contribution in [2.24, 2.45) is 11.1 Å². The van der Waals surface area contributed by atoms with E-state index in [-0.39, 0.29) is 0 Å². The Bertz CT molecular complexity index is 668. The molecule has 0 aliphatic heterocycles. The number of hydrogen-bond donors (Lipinski definition) is 2. The summed E-state index contributed by atoms with van der Waals surface area (Å²) < 4.78 is 0. The molecule has 0 heterocycles. The number of benzene rings is 2. The maximum atomic E-state index is 5.84. The molecule has 0 saturated heterocycles. The highest BCUT2D eigenvalue weighted by Gasteiger charge is 2.34. The van der Waals surface area contributed by atoms with Gasteiger partial charge in [0.1, 0.15) is 4.99 Å². The van der Waals surface area contributed by atoms with Crippen LogP contribution in [0.25, 0.3) is 10.8 Å². The van der Waals surface area contributed by atoms with E-state index in [9.17, 15) is 0 Å². The van der Waals surface area contributed by atoms with E-state index in [1.54, 1.807) is 0 Å². The van der Waals surface area contributed by atoms with Crippen LogP contribution >= 0.6 is 12.2 Å². The van der Waals surface area contributed by atoms with Crippen molar-refractivity contribution in [2.75, 3.05) is 11.9 Å². The Hall–Kier alpha value is -1.61. The van der Waals surface area contributed by atoms with Crippen molar-refractivity contribution < 1.29 is 0 Å². The first kappa shape index (κ1) is 14.3. The summed E-state index contributed by atoms with van der Waals surface area (Å²) in [6.07, 6.45) is 5.32. The van der Waals surface area contributed by atoms with Crippen molar-refractivity contribution in [3.63, 3.8) is 0 Å². The summed E-state index contributed by atoms with van der Waals surface area (Å²) in [7, 11) is 0. The van der Waals surface area contributed by atoms with Gasteiger partial charge in [0.05, 0.1) is 0 Å². The molecular formula is C18H22N2S. The van der Waals surface area contributed by atoms with E-state index in [1.807, 2.05) is 12.1 Å². The molecule has 3 heteroatoms. The number of thiocarbonyl (C=S) groups is 1. The molecule has 3 N–H and O–H groups in total. The summed E-state index contributed by atoms with van der Waals surface area (Å²) in [5, 5.41) is 6.00. The SMILES string of the molecule is CCC1(CNc2ccc(C(N)=S)c3ccccc23)CCC1. The Morgan fingerprint density at radius 2 is 1.90 bits per heavy atom. The van der Waals surface area contributed by atoms with Gasteiger partial charge >= 0.3 is 0 Å². The summed E-state index contributed by atoms with van der Waals surface area (Å²) in [5.74, 6) is 0. The van der Waals surface area contributed by atoms with Gasteiger partial charge in [-0.15, -0.1) is 0 Å². The third-order valence-corrected chi connectivity index (χ3v) is 5.23. The third kappa shape index (κ3) is 2.62. The van der Waals surface area contributed by atoms with Crippen LogP contribution in [0.1, 0.15) is 38.2 Å². The molecule has 0 aromatic heterocycles. The quantitative estimate of drug-likeness (QED) is 0.800. The van der Waals surface area contributed by atoms with E-state index in [4.69, 9.17) is 18.0 Å². The van der Waals surface area contributed by atoms with Gasteiger partial charge in [-0.05, 0) is 42.2 Å². The predicted octanol–water partition coefficient (Wildman–Crippen LogP) is 4.47. The molecule has 0 atom stereocenters. The lowest BCUT2D eigenvalue weighted by Gasteiger charge is -2.41. The molecular weight excluding hydrogens is 276 g/mol. The molecule has 0 spiro atoms. The number of hydrogen-bond acceptors (Lipinski definition) is 2. The van der Waals surface area contributed by atoms with Crippen LogP contribution in [0.3, 0.4) is 0 Å². The number of nitrogens with two attached hydrogens (primary N) is 1. The third-order valence-electron chi connectivity index (χ3n) is 5.01. The molecule has 1 fully saturated rings. The minimum Gasteiger partial charge on any atom is -0.389 e. The zero-order chi connectivity index (χ0) is 14.9. The molecule has 3 rings (SSSR count). The zero-order valence-electron chi connectivity index (χ0n) is 12.5. The minimum atomic E-state index is 0.460. The van der Waals surface area contributed by atoms with Gasteiger partial charge in [-0.1, -0.05) is 49.8 Å². The first-order valence-electron chi connectivity index (χ1n) is 7.71. The molecule has 0 amide bonds. The van der Waals surface area contributed by atoms with Gasteiger partial charge in [0.15, 0.2) is 0 Å². The molecule has 110 valence electrons. The number of fused-ring (bicyclic) bond motifs is 1. The second-order valence-electron chi connectivity index (χ2n) is 6.13. The number of anilines is 1. The van der Waals surface area contributed by atoms with E-state index in [2.05, 4.69) is 36.5 Å². The van der Waals surface area contributed by atoms with E-state index in [1.165, 1.54) is 36.8 Å². The maximum Gasteiger partial charge on any atom is 0.104 e. The Kier molecular flexibility index (Phi) is 3.85. The topological polar surface area (TPSA) is 38.0 Å². The maximum absolute atomic E-state index is 5.84. The number of nitrogens with one attached hydrogen (secondary N) is 1. The standard InChI is InChI=1S/C18H22N2S/c1-2-18(10-5-11-18)12-20-16-9-8-15(17(19)21)13-6-3-4-7-14(13)16/h3-4,6-9,20H,2,5,10-12H2,1H3,(H2,19,21). The van der Waals surface area contributed by atoms with E-state index in [0.717, 1.165) is 17.5 Å². The lowest BCUT2D eigenvalue weighted by atomic mass is 9.67. The van der Waals surface area contributed by atoms with Gasteiger partial charge in [-0.3, -0.25) is 0 Å². The van der Waals surface area contributed by atoms with Crippen molar-refractivity contribution >= 4 is 33.7 Å². The minimum absolute atomic E-state index is 0.460. The number of rotatable bonds is 5. The second-order valence-corrected chi connectivity index (χ2v) is 6.57. The monoisotopic (exact) mass is 298 g/mol. The first-order valence-corrected chi connectivity index (χ1v) is 8.11. The van der Waals surface area contributed by atoms with Gasteiger partial charge in [-0.2, -0.15) is 0 Å². The molecule has 0 unspecified atom stereocenters. The fraction of sp³-hybridized carbons (Fsp3) is 0.389. The highest BCUT2D eigenvalue weighted by Crippen LogP contribution is 2.44. The highest BCUT2D eigenvalue weighted by molar-refractivity contribution is 7.80. The highest BCUT2D eigenvalue weighted by atomic mass is 32.1. The smallest absolute Gasteiger partial charge is 0.104 e. The Morgan fingerprint density at radius 3 is 2.48 bits per heavy atom. The average molecular weight is 298 g/mol. The second kappa shape index (κ2) is 5.64. The van der Waals surface area contributed by atoms with Crippen LogP contribution in [0, 0.1) is 5.41 Å². The van der Waals surface area contributed by atoms with Crippen molar-refractivity contribution in [3.05, 3.63) is 42.0 Å². The van der Waals surface area contributed by atoms with Gasteiger partial charge in [-0.25, -0.2) is 0 Å². The zero-order valence-corrected chi connectivity index (χ0v) is 13.3. The average Bonchev–Trinajstić information content (AvgIpc) is 2.46. The van der Waals surface area contributed by atoms with Crippen LogP contribution in [0.5, 0.6) is 0 Å². The summed E-state index contributed by atoms with van der Waals surface area (Å²) in [6.45, 7) is 3.36. The normalized spacial score (nSPS) is 16.4. The van der Waals surface area contributed by atoms with Gasteiger partial charge in [0.2, 0.25) is 0 Å². The summed E-state index contributed by atoms with van der Waals surface area (Å²) in [4.78, 5) is 0.460. The van der Waals surface area contributed by atoms with Gasteiger partial charge in [0.25, 0.3) is 0 Å². The lowest BCUT2D eigenvalue weighted by Crippen LogP contribution is -2.35. The molecule has 1 saturated carbocycles. The van der Waals surface area contributed by atoms with Crippen LogP contribution < -0.4 is 11.1 Å². The molecule has 1 aliphatic carbocycles. The molecule has 2 aromatic carbocycles. The molecule has 0 bridgehead atoms. The van der Waals surface area contributed by atoms with Gasteiger partial charge < -0.3 is 11.1 Å². The Morgan fingerprint density at radius 1 is 1.19 bits per heavy atom. The molecule has 0 radical (unpaired) electrons. The summed E-state index contributed by atoms with van der Waals surface area (Å²) >= 11 is 5.16. The van der Waals surface area contributed by atoms with E-state index >= 15 is 0 Å². The largest absolute Gasteiger partial charge is 0.389 e. The summed E-state index contributed by atoms with van der Waals surface area (Å²) in [5.41, 5.74) is 8.48. The molecule has 1 aliphatic rings. The van der Waals surface area contributed by atoms with E-state index in [0.29, 0.717) is 10.4 Å². The first-order chi connectivity index (χ1) is 10.2. The fourth-order valence-electron chi connectivity index (χ4n) is 3.28. The molecule has 2 aromatic rings. The Labute approximate surface area is 131 Å². The van der Waals surface area contributed by atoms with Crippen molar-refractivity contribution in [2.45, 2.75) is 32.6 Å². The lowest BCUT2D eigenvalue weighted by molar-refractivity contribution is 0.145. The van der Waals surface area contributed by atoms with Crippen LogP contribution in [0.15, 0.2) is 36.4 Å². The van der Waals surface area contributed by atoms with Gasteiger partial charge in [0, 0.05) is 23.2 Å². The van der Waals surface area contributed by atoms with Crippen LogP contribution in [0.2, 0.25) is 0 Å². The van der Waals surface area contributed by atoms with E-state index < -0.39 is 0 Å². The molecule has 21 heavy (non-hydrogen) atoms. The molecule has 2 nitrogen and oxygen atoms in total. The van der Waals surface area contributed by atoms with Crippen LogP contribution in [0.4, 0.5) is 5.69 Å². The van der Waals surface area contributed by atoms with Crippen LogP contribution in [-0.4, -0.2) is 11.5 Å². The predicted molar refractivity (Wildman–Crippen MR) is 94.9 cm³/mol. The fourth-order valence-corrected chi connectivity index (χ4v) is 3.46. The van der Waals surface area contributed by atoms with Crippen molar-refractivity contribution in [1.82, 2.24) is 0 Å². The Balaban J connectivity index is 1.93. The van der Waals surface area contributed by atoms with Crippen LogP contribution in [-0.2, 0) is 0 Å². The van der Waals surface area contributed by atoms with Crippen molar-refractivity contribution in [3.8, 4) is 0 Å².